The lowest BCUT2D eigenvalue weighted by Crippen LogP contribution is -2.27. The van der Waals surface area contributed by atoms with E-state index in [-0.39, 0.29) is 0 Å². The van der Waals surface area contributed by atoms with E-state index in [1.54, 1.807) is 0 Å². The molecule has 0 aromatic heterocycles. The summed E-state index contributed by atoms with van der Waals surface area (Å²) >= 11 is 0. The van der Waals surface area contributed by atoms with Crippen molar-refractivity contribution in [3.05, 3.63) is 24.3 Å². The van der Waals surface area contributed by atoms with Gasteiger partial charge in [-0.1, -0.05) is 6.92 Å². The van der Waals surface area contributed by atoms with E-state index in [0.29, 0.717) is 6.04 Å². The maximum absolute atomic E-state index is 3.12. The number of nitrogens with zero attached hydrogens (tertiary/aromatic N) is 1. The van der Waals surface area contributed by atoms with Crippen molar-refractivity contribution in [1.82, 2.24) is 0 Å². The van der Waals surface area contributed by atoms with Crippen LogP contribution in [0.5, 0.6) is 0 Å². The van der Waals surface area contributed by atoms with Gasteiger partial charge in [0, 0.05) is 31.5 Å². The predicted molar refractivity (Wildman–Crippen MR) is 64.1 cm³/mol. The summed E-state index contributed by atoms with van der Waals surface area (Å²) in [7, 11) is 4.08. The van der Waals surface area contributed by atoms with Crippen LogP contribution in [-0.2, 0) is 0 Å². The van der Waals surface area contributed by atoms with Crippen LogP contribution in [0.1, 0.15) is 20.3 Å². The molecule has 0 aliphatic rings. The lowest BCUT2D eigenvalue weighted by molar-refractivity contribution is 0.664. The predicted octanol–water partition coefficient (Wildman–Crippen LogP) is 2.96. The molecule has 2 heteroatoms. The topological polar surface area (TPSA) is 15.3 Å². The van der Waals surface area contributed by atoms with Crippen LogP contribution in [0.25, 0.3) is 0 Å². The van der Waals surface area contributed by atoms with Crippen LogP contribution in [0.2, 0.25) is 0 Å². The molecule has 0 radical (unpaired) electrons. The fourth-order valence-corrected chi connectivity index (χ4v) is 1.39. The third-order valence-electron chi connectivity index (χ3n) is 2.82. The van der Waals surface area contributed by atoms with Crippen LogP contribution in [0, 0.1) is 0 Å². The van der Waals surface area contributed by atoms with Crippen LogP contribution in [0.4, 0.5) is 11.4 Å². The number of benzene rings is 1. The average molecular weight is 192 g/mol. The van der Waals surface area contributed by atoms with Gasteiger partial charge in [0.15, 0.2) is 0 Å². The Morgan fingerprint density at radius 3 is 2.29 bits per heavy atom. The Kier molecular flexibility index (Phi) is 3.81. The van der Waals surface area contributed by atoms with Crippen molar-refractivity contribution >= 4 is 11.4 Å². The first kappa shape index (κ1) is 10.9. The third kappa shape index (κ3) is 2.41. The number of hydrogen-bond donors (Lipinski definition) is 1. The molecule has 1 N–H and O–H groups in total. The van der Waals surface area contributed by atoms with Crippen LogP contribution in [-0.4, -0.2) is 20.1 Å². The molecule has 0 fully saturated rings. The highest BCUT2D eigenvalue weighted by atomic mass is 15.1. The standard InChI is InChI=1S/C12H20N2/c1-5-10(2)14(4)12-8-6-11(13-3)7-9-12/h6-10,13H,5H2,1-4H3. The van der Waals surface area contributed by atoms with Gasteiger partial charge in [0.1, 0.15) is 0 Å². The van der Waals surface area contributed by atoms with E-state index in [1.807, 2.05) is 7.05 Å². The SMILES string of the molecule is CCC(C)N(C)c1ccc(NC)cc1. The van der Waals surface area contributed by atoms with Gasteiger partial charge in [-0.3, -0.25) is 0 Å². The van der Waals surface area contributed by atoms with E-state index in [4.69, 9.17) is 0 Å². The maximum Gasteiger partial charge on any atom is 0.0367 e. The summed E-state index contributed by atoms with van der Waals surface area (Å²) in [4.78, 5) is 2.31. The minimum absolute atomic E-state index is 0.593. The van der Waals surface area contributed by atoms with E-state index >= 15 is 0 Å². The van der Waals surface area contributed by atoms with Crippen LogP contribution in [0.15, 0.2) is 24.3 Å². The van der Waals surface area contributed by atoms with E-state index in [1.165, 1.54) is 12.1 Å². The van der Waals surface area contributed by atoms with Gasteiger partial charge in [0.2, 0.25) is 0 Å². The molecular weight excluding hydrogens is 172 g/mol. The smallest absolute Gasteiger partial charge is 0.0367 e. The van der Waals surface area contributed by atoms with Gasteiger partial charge in [-0.2, -0.15) is 0 Å². The van der Waals surface area contributed by atoms with Gasteiger partial charge in [0.25, 0.3) is 0 Å². The first-order chi connectivity index (χ1) is 6.69. The molecule has 0 aliphatic heterocycles. The van der Waals surface area contributed by atoms with Crippen LogP contribution >= 0.6 is 0 Å². The molecule has 0 amide bonds. The molecule has 1 aromatic rings. The molecule has 1 rings (SSSR count). The second kappa shape index (κ2) is 4.89. The van der Waals surface area contributed by atoms with Gasteiger partial charge in [0.05, 0.1) is 0 Å². The summed E-state index contributed by atoms with van der Waals surface area (Å²) in [5, 5.41) is 3.12. The Labute approximate surface area is 86.9 Å². The quantitative estimate of drug-likeness (QED) is 0.789. The molecule has 0 aliphatic carbocycles. The molecule has 1 atom stereocenters. The number of nitrogens with one attached hydrogen (secondary N) is 1. The molecule has 14 heavy (non-hydrogen) atoms. The van der Waals surface area contributed by atoms with E-state index in [9.17, 15) is 0 Å². The normalized spacial score (nSPS) is 12.3. The van der Waals surface area contributed by atoms with Crippen LogP contribution in [0.3, 0.4) is 0 Å². The highest BCUT2D eigenvalue weighted by molar-refractivity contribution is 5.54. The maximum atomic E-state index is 3.12. The van der Waals surface area contributed by atoms with Crippen LogP contribution < -0.4 is 10.2 Å². The highest BCUT2D eigenvalue weighted by Gasteiger charge is 2.06. The molecule has 0 saturated carbocycles. The van der Waals surface area contributed by atoms with Crippen molar-refractivity contribution in [2.24, 2.45) is 0 Å². The number of anilines is 2. The first-order valence-corrected chi connectivity index (χ1v) is 5.19. The van der Waals surface area contributed by atoms with Gasteiger partial charge >= 0.3 is 0 Å². The summed E-state index contributed by atoms with van der Waals surface area (Å²) in [6.07, 6.45) is 1.17. The molecular formula is C12H20N2. The molecule has 1 unspecified atom stereocenters. The number of hydrogen-bond acceptors (Lipinski definition) is 2. The molecule has 2 nitrogen and oxygen atoms in total. The lowest BCUT2D eigenvalue weighted by atomic mass is 10.2. The van der Waals surface area contributed by atoms with Crippen molar-refractivity contribution in [3.63, 3.8) is 0 Å². The van der Waals surface area contributed by atoms with Gasteiger partial charge < -0.3 is 10.2 Å². The van der Waals surface area contributed by atoms with Gasteiger partial charge in [-0.05, 0) is 37.6 Å². The minimum Gasteiger partial charge on any atom is -0.388 e. The fraction of sp³-hybridized carbons (Fsp3) is 0.500. The molecule has 0 spiro atoms. The molecule has 0 bridgehead atoms. The summed E-state index contributed by atoms with van der Waals surface area (Å²) in [6, 6.07) is 9.11. The van der Waals surface area contributed by atoms with E-state index < -0.39 is 0 Å². The Bertz CT molecular complexity index is 266. The Morgan fingerprint density at radius 2 is 1.86 bits per heavy atom. The zero-order valence-corrected chi connectivity index (χ0v) is 9.54. The molecule has 0 heterocycles. The summed E-state index contributed by atoms with van der Waals surface area (Å²) in [5.41, 5.74) is 2.43. The van der Waals surface area contributed by atoms with E-state index in [2.05, 4.69) is 55.4 Å². The van der Waals surface area contributed by atoms with Gasteiger partial charge in [-0.15, -0.1) is 0 Å². The largest absolute Gasteiger partial charge is 0.388 e. The zero-order valence-electron chi connectivity index (χ0n) is 9.54. The highest BCUT2D eigenvalue weighted by Crippen LogP contribution is 2.19. The number of rotatable bonds is 4. The lowest BCUT2D eigenvalue weighted by Gasteiger charge is -2.26. The minimum atomic E-state index is 0.593. The average Bonchev–Trinajstić information content (AvgIpc) is 2.27. The summed E-state index contributed by atoms with van der Waals surface area (Å²) < 4.78 is 0. The van der Waals surface area contributed by atoms with Crippen molar-refractivity contribution in [1.29, 1.82) is 0 Å². The van der Waals surface area contributed by atoms with Gasteiger partial charge in [-0.25, -0.2) is 0 Å². The Hall–Kier alpha value is -1.18. The van der Waals surface area contributed by atoms with Crippen molar-refractivity contribution < 1.29 is 0 Å². The van der Waals surface area contributed by atoms with Crippen molar-refractivity contribution in [3.8, 4) is 0 Å². The summed E-state index contributed by atoms with van der Waals surface area (Å²) in [5.74, 6) is 0. The molecule has 1 aromatic carbocycles. The third-order valence-corrected chi connectivity index (χ3v) is 2.82. The first-order valence-electron chi connectivity index (χ1n) is 5.19. The van der Waals surface area contributed by atoms with Crippen molar-refractivity contribution in [2.45, 2.75) is 26.3 Å². The molecule has 0 saturated heterocycles. The monoisotopic (exact) mass is 192 g/mol. The Morgan fingerprint density at radius 1 is 1.29 bits per heavy atom. The summed E-state index contributed by atoms with van der Waals surface area (Å²) in [6.45, 7) is 4.45. The zero-order chi connectivity index (χ0) is 10.6. The molecule has 78 valence electrons. The Balaban J connectivity index is 2.75. The van der Waals surface area contributed by atoms with E-state index in [0.717, 1.165) is 5.69 Å². The second-order valence-corrected chi connectivity index (χ2v) is 3.67. The van der Waals surface area contributed by atoms with Crippen molar-refractivity contribution in [2.75, 3.05) is 24.3 Å². The second-order valence-electron chi connectivity index (χ2n) is 3.67. The fourth-order valence-electron chi connectivity index (χ4n) is 1.39.